The van der Waals surface area contributed by atoms with E-state index in [0.29, 0.717) is 36.0 Å². The van der Waals surface area contributed by atoms with Gasteiger partial charge >= 0.3 is 0 Å². The van der Waals surface area contributed by atoms with Crippen LogP contribution in [0.15, 0.2) is 36.4 Å². The molecular weight excluding hydrogens is 392 g/mol. The molecule has 1 aliphatic carbocycles. The highest BCUT2D eigenvalue weighted by molar-refractivity contribution is 5.98. The van der Waals surface area contributed by atoms with Crippen molar-refractivity contribution in [3.05, 3.63) is 53.1 Å². The second kappa shape index (κ2) is 9.41. The molecule has 2 amide bonds. The Hall–Kier alpha value is -3.02. The van der Waals surface area contributed by atoms with Crippen LogP contribution in [0.1, 0.15) is 66.4 Å². The minimum atomic E-state index is -0.357. The Morgan fingerprint density at radius 3 is 2.45 bits per heavy atom. The van der Waals surface area contributed by atoms with Gasteiger partial charge in [-0.3, -0.25) is 9.59 Å². The number of hydrogen-bond acceptors (Lipinski definition) is 4. The van der Waals surface area contributed by atoms with Crippen LogP contribution in [0.2, 0.25) is 0 Å². The van der Waals surface area contributed by atoms with Crippen molar-refractivity contribution in [1.29, 1.82) is 0 Å². The highest BCUT2D eigenvalue weighted by Gasteiger charge is 2.21. The molecule has 1 heterocycles. The average Bonchev–Trinajstić information content (AvgIpc) is 2.80. The van der Waals surface area contributed by atoms with Gasteiger partial charge in [-0.15, -0.1) is 0 Å². The molecule has 164 valence electrons. The topological polar surface area (TPSA) is 76.7 Å². The highest BCUT2D eigenvalue weighted by Crippen LogP contribution is 2.33. The lowest BCUT2D eigenvalue weighted by Gasteiger charge is -2.23. The number of hydrogen-bond donors (Lipinski definition) is 2. The van der Waals surface area contributed by atoms with E-state index in [0.717, 1.165) is 24.0 Å². The van der Waals surface area contributed by atoms with Gasteiger partial charge in [-0.05, 0) is 68.1 Å². The normalized spacial score (nSPS) is 17.0. The van der Waals surface area contributed by atoms with Crippen LogP contribution in [0.4, 0.5) is 5.69 Å². The number of carbonyl (C=O) groups is 2. The van der Waals surface area contributed by atoms with Gasteiger partial charge in [-0.2, -0.15) is 0 Å². The number of rotatable bonds is 5. The Labute approximate surface area is 183 Å². The molecule has 2 aromatic rings. The van der Waals surface area contributed by atoms with Crippen LogP contribution < -0.4 is 20.1 Å². The molecule has 0 aromatic heterocycles. The second-order valence-corrected chi connectivity index (χ2v) is 8.45. The molecule has 6 nitrogen and oxygen atoms in total. The summed E-state index contributed by atoms with van der Waals surface area (Å²) in [5.41, 5.74) is 3.06. The lowest BCUT2D eigenvalue weighted by molar-refractivity contribution is -0.117. The fourth-order valence-electron chi connectivity index (χ4n) is 4.18. The zero-order valence-corrected chi connectivity index (χ0v) is 18.2. The van der Waals surface area contributed by atoms with Crippen molar-refractivity contribution in [3.63, 3.8) is 0 Å². The maximum absolute atomic E-state index is 12.9. The summed E-state index contributed by atoms with van der Waals surface area (Å²) in [7, 11) is 0. The molecule has 1 unspecified atom stereocenters. The summed E-state index contributed by atoms with van der Waals surface area (Å²) >= 11 is 0. The molecule has 1 atom stereocenters. The third-order valence-corrected chi connectivity index (χ3v) is 6.15. The minimum Gasteiger partial charge on any atom is -0.486 e. The quantitative estimate of drug-likeness (QED) is 0.740. The Morgan fingerprint density at radius 1 is 0.968 bits per heavy atom. The number of aryl methyl sites for hydroxylation is 1. The summed E-state index contributed by atoms with van der Waals surface area (Å²) in [6, 6.07) is 11.3. The molecule has 0 bridgehead atoms. The molecular formula is C25H30N2O4. The molecule has 1 aliphatic heterocycles. The molecule has 0 radical (unpaired) electrons. The van der Waals surface area contributed by atoms with Crippen LogP contribution in [-0.4, -0.2) is 31.1 Å². The zero-order chi connectivity index (χ0) is 21.8. The summed E-state index contributed by atoms with van der Waals surface area (Å²) in [5, 5.41) is 6.13. The first-order valence-corrected chi connectivity index (χ1v) is 11.1. The van der Waals surface area contributed by atoms with Crippen molar-refractivity contribution in [2.24, 2.45) is 0 Å². The van der Waals surface area contributed by atoms with Gasteiger partial charge in [0.2, 0.25) is 5.91 Å². The highest BCUT2D eigenvalue weighted by atomic mass is 16.6. The third-order valence-electron chi connectivity index (χ3n) is 6.15. The van der Waals surface area contributed by atoms with Crippen LogP contribution in [0, 0.1) is 6.92 Å². The van der Waals surface area contributed by atoms with E-state index in [2.05, 4.69) is 10.6 Å². The number of carbonyl (C=O) groups excluding carboxylic acids is 2. The average molecular weight is 423 g/mol. The Morgan fingerprint density at radius 2 is 1.71 bits per heavy atom. The van der Waals surface area contributed by atoms with Gasteiger partial charge < -0.3 is 20.1 Å². The first-order chi connectivity index (χ1) is 15.0. The molecule has 6 heteroatoms. The first-order valence-electron chi connectivity index (χ1n) is 11.1. The summed E-state index contributed by atoms with van der Waals surface area (Å²) in [5.74, 6) is 0.870. The maximum Gasteiger partial charge on any atom is 0.251 e. The van der Waals surface area contributed by atoms with Gasteiger partial charge in [-0.1, -0.05) is 25.3 Å². The number of amides is 2. The van der Waals surface area contributed by atoms with Gasteiger partial charge in [0.25, 0.3) is 5.91 Å². The van der Waals surface area contributed by atoms with Crippen LogP contribution >= 0.6 is 0 Å². The number of benzene rings is 2. The van der Waals surface area contributed by atoms with Crippen molar-refractivity contribution in [2.75, 3.05) is 18.5 Å². The summed E-state index contributed by atoms with van der Waals surface area (Å²) in [6.07, 6.45) is 5.71. The second-order valence-electron chi connectivity index (χ2n) is 8.45. The fraction of sp³-hybridized carbons (Fsp3) is 0.440. The molecule has 2 N–H and O–H groups in total. The van der Waals surface area contributed by atoms with Crippen LogP contribution in [-0.2, 0) is 4.79 Å². The van der Waals surface area contributed by atoms with Gasteiger partial charge in [0.1, 0.15) is 13.2 Å². The van der Waals surface area contributed by atoms with Crippen molar-refractivity contribution in [3.8, 4) is 11.5 Å². The molecule has 2 aliphatic rings. The van der Waals surface area contributed by atoms with E-state index < -0.39 is 0 Å². The lowest BCUT2D eigenvalue weighted by Crippen LogP contribution is -2.36. The summed E-state index contributed by atoms with van der Waals surface area (Å²) < 4.78 is 11.2. The Bertz CT molecular complexity index is 966. The zero-order valence-electron chi connectivity index (χ0n) is 18.2. The lowest BCUT2D eigenvalue weighted by atomic mass is 9.95. The Balaban J connectivity index is 1.40. The number of anilines is 1. The molecule has 2 aromatic carbocycles. The predicted molar refractivity (Wildman–Crippen MR) is 120 cm³/mol. The van der Waals surface area contributed by atoms with Crippen LogP contribution in [0.3, 0.4) is 0 Å². The number of ether oxygens (including phenoxy) is 2. The molecule has 1 fully saturated rings. The number of fused-ring (bicyclic) bond motifs is 1. The van der Waals surface area contributed by atoms with Gasteiger partial charge in [0.05, 0.1) is 5.92 Å². The van der Waals surface area contributed by atoms with Crippen LogP contribution in [0.25, 0.3) is 0 Å². The molecule has 4 rings (SSSR count). The number of nitrogens with one attached hydrogen (secondary N) is 2. The molecule has 0 saturated heterocycles. The predicted octanol–water partition coefficient (Wildman–Crippen LogP) is 4.57. The standard InChI is InChI=1S/C25H30N2O4/c1-16-14-19(25(29)26-20-6-4-3-5-7-20)8-10-21(16)27-24(28)17(2)18-9-11-22-23(15-18)31-13-12-30-22/h8-11,14-15,17,20H,3-7,12-13H2,1-2H3,(H,26,29)(H,27,28). The van der Waals surface area contributed by atoms with Crippen LogP contribution in [0.5, 0.6) is 11.5 Å². The van der Waals surface area contributed by atoms with Crippen molar-refractivity contribution < 1.29 is 19.1 Å². The van der Waals surface area contributed by atoms with Gasteiger partial charge in [-0.25, -0.2) is 0 Å². The smallest absolute Gasteiger partial charge is 0.251 e. The van der Waals surface area contributed by atoms with E-state index in [9.17, 15) is 9.59 Å². The molecule has 1 saturated carbocycles. The Kier molecular flexibility index (Phi) is 6.44. The SMILES string of the molecule is Cc1cc(C(=O)NC2CCCCC2)ccc1NC(=O)C(C)c1ccc2c(c1)OCCO2. The van der Waals surface area contributed by atoms with E-state index in [-0.39, 0.29) is 23.8 Å². The van der Waals surface area contributed by atoms with E-state index >= 15 is 0 Å². The monoisotopic (exact) mass is 422 g/mol. The van der Waals surface area contributed by atoms with Crippen molar-refractivity contribution in [2.45, 2.75) is 57.9 Å². The maximum atomic E-state index is 12.9. The summed E-state index contributed by atoms with van der Waals surface area (Å²) in [4.78, 5) is 25.4. The summed E-state index contributed by atoms with van der Waals surface area (Å²) in [6.45, 7) is 4.82. The van der Waals surface area contributed by atoms with Crippen molar-refractivity contribution >= 4 is 17.5 Å². The van der Waals surface area contributed by atoms with Gasteiger partial charge in [0.15, 0.2) is 11.5 Å². The first kappa shape index (κ1) is 21.2. The fourth-order valence-corrected chi connectivity index (χ4v) is 4.18. The van der Waals surface area contributed by atoms with E-state index in [1.807, 2.05) is 38.1 Å². The van der Waals surface area contributed by atoms with E-state index in [1.165, 1.54) is 19.3 Å². The largest absolute Gasteiger partial charge is 0.486 e. The van der Waals surface area contributed by atoms with Crippen molar-refractivity contribution in [1.82, 2.24) is 5.32 Å². The van der Waals surface area contributed by atoms with E-state index in [1.54, 1.807) is 12.1 Å². The minimum absolute atomic E-state index is 0.0440. The van der Waals surface area contributed by atoms with E-state index in [4.69, 9.17) is 9.47 Å². The molecule has 31 heavy (non-hydrogen) atoms. The molecule has 0 spiro atoms. The van der Waals surface area contributed by atoms with Gasteiger partial charge in [0, 0.05) is 17.3 Å². The third kappa shape index (κ3) is 5.01.